The number of aromatic carboxylic acids is 1. The van der Waals surface area contributed by atoms with Crippen LogP contribution in [0.25, 0.3) is 0 Å². The monoisotopic (exact) mass is 211 g/mol. The van der Waals surface area contributed by atoms with Crippen LogP contribution in [0.2, 0.25) is 5.02 Å². The second kappa shape index (κ2) is 3.59. The average molecular weight is 212 g/mol. The Morgan fingerprint density at radius 2 is 2.29 bits per heavy atom. The Bertz CT molecular complexity index is 374. The van der Waals surface area contributed by atoms with Crippen LogP contribution in [-0.2, 0) is 0 Å². The van der Waals surface area contributed by atoms with Crippen molar-refractivity contribution in [2.45, 2.75) is 12.5 Å². The second-order valence-electron chi connectivity index (χ2n) is 3.34. The molecule has 0 amide bonds. The summed E-state index contributed by atoms with van der Waals surface area (Å²) in [6, 6.07) is 5.43. The molecule has 2 rings (SSSR count). The second-order valence-corrected chi connectivity index (χ2v) is 3.75. The first kappa shape index (κ1) is 9.49. The molecule has 0 saturated carbocycles. The number of hydrogen-bond donors (Lipinski definition) is 2. The summed E-state index contributed by atoms with van der Waals surface area (Å²) < 4.78 is 0. The molecule has 0 aromatic heterocycles. The summed E-state index contributed by atoms with van der Waals surface area (Å²) in [6.45, 7) is 1.02. The Labute approximate surface area is 86.7 Å². The molecule has 1 heterocycles. The minimum absolute atomic E-state index is 0.162. The van der Waals surface area contributed by atoms with Gasteiger partial charge in [-0.2, -0.15) is 0 Å². The van der Waals surface area contributed by atoms with E-state index in [2.05, 4.69) is 5.32 Å². The molecule has 1 unspecified atom stereocenters. The van der Waals surface area contributed by atoms with Crippen LogP contribution in [0.4, 0.5) is 0 Å². The van der Waals surface area contributed by atoms with E-state index < -0.39 is 5.97 Å². The molecule has 74 valence electrons. The fourth-order valence-corrected chi connectivity index (χ4v) is 1.76. The van der Waals surface area contributed by atoms with Gasteiger partial charge in [0.1, 0.15) is 0 Å². The number of carboxylic acid groups (broad SMARTS) is 1. The maximum Gasteiger partial charge on any atom is 0.337 e. The highest BCUT2D eigenvalue weighted by molar-refractivity contribution is 6.33. The quantitative estimate of drug-likeness (QED) is 0.788. The Kier molecular flexibility index (Phi) is 2.44. The first-order valence-corrected chi connectivity index (χ1v) is 4.82. The Balaban J connectivity index is 2.30. The van der Waals surface area contributed by atoms with Gasteiger partial charge in [0.2, 0.25) is 0 Å². The van der Waals surface area contributed by atoms with Crippen molar-refractivity contribution in [2.75, 3.05) is 6.54 Å². The predicted molar refractivity (Wildman–Crippen MR) is 53.8 cm³/mol. The van der Waals surface area contributed by atoms with Crippen LogP contribution in [0.15, 0.2) is 18.2 Å². The van der Waals surface area contributed by atoms with Crippen LogP contribution < -0.4 is 5.32 Å². The summed E-state index contributed by atoms with van der Waals surface area (Å²) in [6.07, 6.45) is 1.09. The lowest BCUT2D eigenvalue weighted by atomic mass is 9.97. The van der Waals surface area contributed by atoms with E-state index in [1.165, 1.54) is 0 Å². The van der Waals surface area contributed by atoms with Crippen molar-refractivity contribution in [1.29, 1.82) is 0 Å². The molecule has 1 aliphatic rings. The fourth-order valence-electron chi connectivity index (χ4n) is 1.49. The molecule has 0 radical (unpaired) electrons. The van der Waals surface area contributed by atoms with Crippen molar-refractivity contribution in [1.82, 2.24) is 5.32 Å². The van der Waals surface area contributed by atoms with Gasteiger partial charge in [0.05, 0.1) is 10.6 Å². The van der Waals surface area contributed by atoms with Crippen LogP contribution in [0.1, 0.15) is 28.4 Å². The Morgan fingerprint density at radius 1 is 1.57 bits per heavy atom. The van der Waals surface area contributed by atoms with Gasteiger partial charge in [0.25, 0.3) is 0 Å². The lowest BCUT2D eigenvalue weighted by Crippen LogP contribution is -2.34. The van der Waals surface area contributed by atoms with Crippen LogP contribution in [0.3, 0.4) is 0 Å². The van der Waals surface area contributed by atoms with Gasteiger partial charge in [-0.3, -0.25) is 0 Å². The van der Waals surface area contributed by atoms with E-state index in [0.717, 1.165) is 18.5 Å². The smallest absolute Gasteiger partial charge is 0.337 e. The topological polar surface area (TPSA) is 49.3 Å². The molecule has 1 fully saturated rings. The molecule has 1 saturated heterocycles. The lowest BCUT2D eigenvalue weighted by Gasteiger charge is -2.28. The number of benzene rings is 1. The fraction of sp³-hybridized carbons (Fsp3) is 0.300. The van der Waals surface area contributed by atoms with E-state index in [4.69, 9.17) is 16.7 Å². The molecule has 1 atom stereocenters. The molecule has 3 nitrogen and oxygen atoms in total. The number of hydrogen-bond acceptors (Lipinski definition) is 2. The van der Waals surface area contributed by atoms with E-state index in [1.54, 1.807) is 12.1 Å². The van der Waals surface area contributed by atoms with Crippen LogP contribution >= 0.6 is 11.6 Å². The summed E-state index contributed by atoms with van der Waals surface area (Å²) in [5.41, 5.74) is 1.22. The minimum atomic E-state index is -0.983. The standard InChI is InChI=1S/C10H10ClNO2/c11-8-5-6(9-3-4-12-9)1-2-7(8)10(13)14/h1-2,5,9,12H,3-4H2,(H,13,14). The largest absolute Gasteiger partial charge is 0.478 e. The third kappa shape index (κ3) is 1.61. The van der Waals surface area contributed by atoms with Gasteiger partial charge in [-0.05, 0) is 30.7 Å². The summed E-state index contributed by atoms with van der Waals surface area (Å²) in [5, 5.41) is 12.3. The number of rotatable bonds is 2. The zero-order chi connectivity index (χ0) is 10.1. The van der Waals surface area contributed by atoms with E-state index in [1.807, 2.05) is 6.07 Å². The van der Waals surface area contributed by atoms with Gasteiger partial charge >= 0.3 is 5.97 Å². The van der Waals surface area contributed by atoms with Crippen LogP contribution in [0, 0.1) is 0 Å². The number of carboxylic acids is 1. The van der Waals surface area contributed by atoms with Crippen molar-refractivity contribution < 1.29 is 9.90 Å². The van der Waals surface area contributed by atoms with Gasteiger partial charge in [-0.15, -0.1) is 0 Å². The lowest BCUT2D eigenvalue weighted by molar-refractivity contribution is 0.0697. The van der Waals surface area contributed by atoms with E-state index in [0.29, 0.717) is 11.1 Å². The number of halogens is 1. The van der Waals surface area contributed by atoms with Gasteiger partial charge < -0.3 is 10.4 Å². The SMILES string of the molecule is O=C(O)c1ccc(C2CCN2)cc1Cl. The average Bonchev–Trinajstić information content (AvgIpc) is 2.00. The van der Waals surface area contributed by atoms with Crippen molar-refractivity contribution in [3.8, 4) is 0 Å². The maximum atomic E-state index is 10.7. The number of nitrogens with one attached hydrogen (secondary N) is 1. The molecule has 1 aliphatic heterocycles. The molecule has 0 spiro atoms. The van der Waals surface area contributed by atoms with Gasteiger partial charge in [0, 0.05) is 6.04 Å². The molecular weight excluding hydrogens is 202 g/mol. The van der Waals surface area contributed by atoms with Crippen molar-refractivity contribution >= 4 is 17.6 Å². The molecule has 2 N–H and O–H groups in total. The Morgan fingerprint density at radius 3 is 2.71 bits per heavy atom. The molecule has 4 heteroatoms. The molecule has 14 heavy (non-hydrogen) atoms. The highest BCUT2D eigenvalue weighted by atomic mass is 35.5. The van der Waals surface area contributed by atoms with E-state index >= 15 is 0 Å². The first-order valence-electron chi connectivity index (χ1n) is 4.44. The van der Waals surface area contributed by atoms with Crippen molar-refractivity contribution in [3.63, 3.8) is 0 Å². The van der Waals surface area contributed by atoms with E-state index in [-0.39, 0.29) is 5.56 Å². The third-order valence-electron chi connectivity index (χ3n) is 2.45. The zero-order valence-electron chi connectivity index (χ0n) is 7.46. The normalized spacial score (nSPS) is 20.2. The van der Waals surface area contributed by atoms with Crippen molar-refractivity contribution in [3.05, 3.63) is 34.3 Å². The maximum absolute atomic E-state index is 10.7. The summed E-state index contributed by atoms with van der Waals surface area (Å²) in [5.74, 6) is -0.983. The highest BCUT2D eigenvalue weighted by Crippen LogP contribution is 2.27. The minimum Gasteiger partial charge on any atom is -0.478 e. The molecule has 1 aromatic rings. The first-order chi connectivity index (χ1) is 6.68. The predicted octanol–water partition coefficient (Wildman–Crippen LogP) is 2.07. The molecule has 0 aliphatic carbocycles. The van der Waals surface area contributed by atoms with Gasteiger partial charge in [-0.25, -0.2) is 4.79 Å². The summed E-state index contributed by atoms with van der Waals surface area (Å²) >= 11 is 5.84. The van der Waals surface area contributed by atoms with E-state index in [9.17, 15) is 4.79 Å². The van der Waals surface area contributed by atoms with Gasteiger partial charge in [0.15, 0.2) is 0 Å². The molecule has 1 aromatic carbocycles. The van der Waals surface area contributed by atoms with Crippen LogP contribution in [-0.4, -0.2) is 17.6 Å². The van der Waals surface area contributed by atoms with Gasteiger partial charge in [-0.1, -0.05) is 17.7 Å². The summed E-state index contributed by atoms with van der Waals surface area (Å²) in [4.78, 5) is 10.7. The van der Waals surface area contributed by atoms with Crippen molar-refractivity contribution in [2.24, 2.45) is 0 Å². The third-order valence-corrected chi connectivity index (χ3v) is 2.76. The highest BCUT2D eigenvalue weighted by Gasteiger charge is 2.19. The molecule has 0 bridgehead atoms. The summed E-state index contributed by atoms with van der Waals surface area (Å²) in [7, 11) is 0. The zero-order valence-corrected chi connectivity index (χ0v) is 8.21. The van der Waals surface area contributed by atoms with Crippen LogP contribution in [0.5, 0.6) is 0 Å². The molecular formula is C10H10ClNO2. The Hall–Kier alpha value is -1.06. The number of carbonyl (C=O) groups is 1.